The summed E-state index contributed by atoms with van der Waals surface area (Å²) in [5.41, 5.74) is 2.05. The molecule has 126 valence electrons. The number of carbonyl (C=O) groups excluding carboxylic acids is 1. The number of fused-ring (bicyclic) bond motifs is 3. The number of benzene rings is 1. The number of nitrogens with zero attached hydrogens (tertiary/aromatic N) is 1. The second-order valence-electron chi connectivity index (χ2n) is 7.20. The zero-order valence-electron chi connectivity index (χ0n) is 14.0. The van der Waals surface area contributed by atoms with Gasteiger partial charge in [0.25, 0.3) is 0 Å². The predicted octanol–water partition coefficient (Wildman–Crippen LogP) is 3.12. The van der Waals surface area contributed by atoms with Crippen LogP contribution in [-0.4, -0.2) is 45.0 Å². The Morgan fingerprint density at radius 2 is 2.04 bits per heavy atom. The van der Waals surface area contributed by atoms with E-state index in [1.165, 1.54) is 0 Å². The van der Waals surface area contributed by atoms with E-state index in [4.69, 9.17) is 0 Å². The number of carbonyl (C=O) groups is 1. The lowest BCUT2D eigenvalue weighted by Crippen LogP contribution is -2.55. The van der Waals surface area contributed by atoms with Crippen molar-refractivity contribution in [1.29, 1.82) is 0 Å². The van der Waals surface area contributed by atoms with Crippen molar-refractivity contribution >= 4 is 17.5 Å². The molecule has 2 aliphatic heterocycles. The normalized spacial score (nSPS) is 27.8. The first-order valence-corrected chi connectivity index (χ1v) is 9.46. The number of phenolic OH excluding ortho intramolecular Hbond substituents is 2. The van der Waals surface area contributed by atoms with Crippen LogP contribution in [0.3, 0.4) is 0 Å². The van der Waals surface area contributed by atoms with Gasteiger partial charge in [-0.05, 0) is 48.3 Å². The average Bonchev–Trinajstić information content (AvgIpc) is 2.49. The molecule has 2 N–H and O–H groups in total. The number of Topliss-reactive ketones (excluding diaryl/α,β-unsaturated/α-hetero) is 1. The van der Waals surface area contributed by atoms with Crippen LogP contribution in [0.15, 0.2) is 12.1 Å². The predicted molar refractivity (Wildman–Crippen MR) is 93.1 cm³/mol. The summed E-state index contributed by atoms with van der Waals surface area (Å²) < 4.78 is -0.304. The highest BCUT2D eigenvalue weighted by molar-refractivity contribution is 8.00. The van der Waals surface area contributed by atoms with E-state index in [0.29, 0.717) is 18.1 Å². The Kier molecular flexibility index (Phi) is 4.36. The Bertz CT molecular complexity index is 631. The summed E-state index contributed by atoms with van der Waals surface area (Å²) >= 11 is 1.69. The molecule has 4 nitrogen and oxygen atoms in total. The van der Waals surface area contributed by atoms with E-state index in [0.717, 1.165) is 37.1 Å². The molecule has 2 unspecified atom stereocenters. The molecule has 1 aromatic rings. The number of phenols is 2. The van der Waals surface area contributed by atoms with E-state index in [9.17, 15) is 15.0 Å². The van der Waals surface area contributed by atoms with Crippen LogP contribution in [0.4, 0.5) is 0 Å². The Balaban J connectivity index is 1.93. The summed E-state index contributed by atoms with van der Waals surface area (Å²) in [6, 6.07) is 3.32. The number of aromatic hydroxyl groups is 2. The highest BCUT2D eigenvalue weighted by Gasteiger charge is 2.47. The van der Waals surface area contributed by atoms with Gasteiger partial charge in [0.2, 0.25) is 0 Å². The van der Waals surface area contributed by atoms with E-state index in [1.54, 1.807) is 23.9 Å². The first kappa shape index (κ1) is 16.7. The van der Waals surface area contributed by atoms with Crippen molar-refractivity contribution in [2.24, 2.45) is 5.92 Å². The highest BCUT2D eigenvalue weighted by Crippen LogP contribution is 2.46. The maximum Gasteiger partial charge on any atom is 0.157 e. The van der Waals surface area contributed by atoms with E-state index >= 15 is 0 Å². The minimum Gasteiger partial charge on any atom is -0.504 e. The van der Waals surface area contributed by atoms with Gasteiger partial charge in [0, 0.05) is 25.6 Å². The molecule has 1 aromatic carbocycles. The van der Waals surface area contributed by atoms with Gasteiger partial charge >= 0.3 is 0 Å². The van der Waals surface area contributed by atoms with Crippen LogP contribution in [0.2, 0.25) is 0 Å². The summed E-state index contributed by atoms with van der Waals surface area (Å²) in [7, 11) is 0. The first-order chi connectivity index (χ1) is 10.9. The van der Waals surface area contributed by atoms with E-state index in [1.807, 2.05) is 6.26 Å². The van der Waals surface area contributed by atoms with Gasteiger partial charge in [0.05, 0.1) is 4.75 Å². The maximum absolute atomic E-state index is 12.9. The van der Waals surface area contributed by atoms with Gasteiger partial charge in [-0.15, -0.1) is 11.8 Å². The fourth-order valence-corrected chi connectivity index (χ4v) is 5.19. The van der Waals surface area contributed by atoms with Crippen molar-refractivity contribution in [2.45, 2.75) is 43.9 Å². The first-order valence-electron chi connectivity index (χ1n) is 8.23. The largest absolute Gasteiger partial charge is 0.504 e. The van der Waals surface area contributed by atoms with Gasteiger partial charge < -0.3 is 10.2 Å². The molecule has 0 bridgehead atoms. The number of hydrogen-bond donors (Lipinski definition) is 2. The van der Waals surface area contributed by atoms with Crippen LogP contribution in [0.5, 0.6) is 11.5 Å². The highest BCUT2D eigenvalue weighted by atomic mass is 32.2. The average molecular weight is 335 g/mol. The molecule has 3 rings (SSSR count). The van der Waals surface area contributed by atoms with Crippen molar-refractivity contribution in [3.63, 3.8) is 0 Å². The lowest BCUT2D eigenvalue weighted by atomic mass is 9.79. The van der Waals surface area contributed by atoms with Crippen LogP contribution < -0.4 is 0 Å². The van der Waals surface area contributed by atoms with Gasteiger partial charge in [-0.2, -0.15) is 0 Å². The molecular weight excluding hydrogens is 310 g/mol. The smallest absolute Gasteiger partial charge is 0.157 e. The van der Waals surface area contributed by atoms with Gasteiger partial charge in [0.15, 0.2) is 17.3 Å². The van der Waals surface area contributed by atoms with E-state index in [-0.39, 0.29) is 22.3 Å². The molecule has 0 spiro atoms. The van der Waals surface area contributed by atoms with Gasteiger partial charge in [-0.25, -0.2) is 0 Å². The minimum absolute atomic E-state index is 0.0326. The zero-order chi connectivity index (χ0) is 16.8. The molecule has 0 aliphatic carbocycles. The third-order valence-corrected chi connectivity index (χ3v) is 6.48. The molecule has 2 heterocycles. The van der Waals surface area contributed by atoms with E-state index in [2.05, 4.69) is 18.7 Å². The molecule has 23 heavy (non-hydrogen) atoms. The van der Waals surface area contributed by atoms with Crippen molar-refractivity contribution in [2.75, 3.05) is 19.3 Å². The zero-order valence-corrected chi connectivity index (χ0v) is 14.8. The Hall–Kier alpha value is -1.20. The molecule has 0 aromatic heterocycles. The Morgan fingerprint density at radius 3 is 2.70 bits per heavy atom. The second-order valence-corrected chi connectivity index (χ2v) is 8.39. The third-order valence-electron chi connectivity index (χ3n) is 5.18. The monoisotopic (exact) mass is 335 g/mol. The van der Waals surface area contributed by atoms with Crippen molar-refractivity contribution in [1.82, 2.24) is 4.90 Å². The maximum atomic E-state index is 12.9. The lowest BCUT2D eigenvalue weighted by Gasteiger charge is -2.48. The minimum atomic E-state index is -0.304. The molecule has 0 radical (unpaired) electrons. The molecule has 2 aliphatic rings. The number of rotatable bonds is 3. The van der Waals surface area contributed by atoms with Gasteiger partial charge in [-0.3, -0.25) is 9.69 Å². The number of piperidine rings is 1. The molecule has 5 heteroatoms. The summed E-state index contributed by atoms with van der Waals surface area (Å²) in [6.45, 7) is 6.01. The summed E-state index contributed by atoms with van der Waals surface area (Å²) in [5.74, 6) is 0.640. The van der Waals surface area contributed by atoms with Crippen LogP contribution in [0, 0.1) is 5.92 Å². The second kappa shape index (κ2) is 6.02. The Labute approximate surface area is 141 Å². The molecule has 2 atom stereocenters. The summed E-state index contributed by atoms with van der Waals surface area (Å²) in [6.07, 6.45) is 4.29. The van der Waals surface area contributed by atoms with Crippen molar-refractivity contribution in [3.8, 4) is 11.5 Å². The number of ketones is 1. The summed E-state index contributed by atoms with van der Waals surface area (Å²) in [5, 5.41) is 19.6. The molecule has 1 fully saturated rings. The lowest BCUT2D eigenvalue weighted by molar-refractivity contribution is -0.127. The molecule has 0 saturated carbocycles. The number of thioether (sulfide) groups is 1. The Morgan fingerprint density at radius 1 is 1.35 bits per heavy atom. The standard InChI is InChI=1S/C18H25NO3S/c1-11(2)9-18(23-3)10-19-5-4-12-6-15(20)16(21)7-13(12)14(19)8-17(18)22/h6-7,11,14,20-21H,4-5,8-10H2,1-3H3. The fraction of sp³-hybridized carbons (Fsp3) is 0.611. The van der Waals surface area contributed by atoms with Crippen molar-refractivity contribution in [3.05, 3.63) is 23.3 Å². The SMILES string of the molecule is CSC1(CC(C)C)CN2CCc3cc(O)c(O)cc3C2CC1=O. The summed E-state index contributed by atoms with van der Waals surface area (Å²) in [4.78, 5) is 15.3. The number of hydrogen-bond acceptors (Lipinski definition) is 5. The van der Waals surface area contributed by atoms with Gasteiger partial charge in [-0.1, -0.05) is 13.8 Å². The van der Waals surface area contributed by atoms with Crippen molar-refractivity contribution < 1.29 is 15.0 Å². The quantitative estimate of drug-likeness (QED) is 0.831. The van der Waals surface area contributed by atoms with Gasteiger partial charge in [0.1, 0.15) is 0 Å². The van der Waals surface area contributed by atoms with Crippen LogP contribution in [0.25, 0.3) is 0 Å². The van der Waals surface area contributed by atoms with Crippen LogP contribution in [0.1, 0.15) is 43.9 Å². The van der Waals surface area contributed by atoms with Crippen LogP contribution >= 0.6 is 11.8 Å². The molecular formula is C18H25NO3S. The molecule has 0 amide bonds. The molecule has 1 saturated heterocycles. The third kappa shape index (κ3) is 2.85. The topological polar surface area (TPSA) is 60.8 Å². The van der Waals surface area contributed by atoms with Crippen LogP contribution in [-0.2, 0) is 11.2 Å². The fourth-order valence-electron chi connectivity index (χ4n) is 4.09. The van der Waals surface area contributed by atoms with E-state index < -0.39 is 0 Å².